The first-order chi connectivity index (χ1) is 13.5. The third-order valence-corrected chi connectivity index (χ3v) is 5.17. The van der Waals surface area contributed by atoms with Crippen LogP contribution in [0.4, 0.5) is 0 Å². The lowest BCUT2D eigenvalue weighted by Crippen LogP contribution is -2.32. The topological polar surface area (TPSA) is 69.2 Å². The van der Waals surface area contributed by atoms with Crippen LogP contribution in [0.2, 0.25) is 0 Å². The van der Waals surface area contributed by atoms with Gasteiger partial charge in [0.05, 0.1) is 6.10 Å². The standard InChI is InChI=1S/C22H27NO5/c1-13-6-22-21(25-11-15(3)28-22)9-17(13)7-14(2)23-10-18(24)16-4-5-19-20(8-16)27-12-26-19/h4-6,8-9,14-15,18,23-24H,7,10-12H2,1-3H3. The van der Waals surface area contributed by atoms with Crippen molar-refractivity contribution in [2.45, 2.75) is 45.4 Å². The van der Waals surface area contributed by atoms with Crippen molar-refractivity contribution >= 4 is 0 Å². The summed E-state index contributed by atoms with van der Waals surface area (Å²) in [5.41, 5.74) is 3.21. The van der Waals surface area contributed by atoms with Crippen LogP contribution in [-0.4, -0.2) is 37.2 Å². The second-order valence-corrected chi connectivity index (χ2v) is 7.61. The van der Waals surface area contributed by atoms with Crippen molar-refractivity contribution in [2.75, 3.05) is 19.9 Å². The number of fused-ring (bicyclic) bond motifs is 2. The molecule has 150 valence electrons. The molecule has 2 aromatic carbocycles. The molecule has 0 radical (unpaired) electrons. The van der Waals surface area contributed by atoms with Gasteiger partial charge < -0.3 is 29.4 Å². The minimum absolute atomic E-state index is 0.0796. The third kappa shape index (κ3) is 4.03. The molecule has 3 unspecified atom stereocenters. The molecule has 0 amide bonds. The van der Waals surface area contributed by atoms with Crippen LogP contribution in [0.1, 0.15) is 36.6 Å². The van der Waals surface area contributed by atoms with Gasteiger partial charge in [-0.15, -0.1) is 0 Å². The highest BCUT2D eigenvalue weighted by atomic mass is 16.7. The van der Waals surface area contributed by atoms with Crippen LogP contribution in [0.25, 0.3) is 0 Å². The Labute approximate surface area is 165 Å². The first kappa shape index (κ1) is 18.9. The molecular formula is C22H27NO5. The van der Waals surface area contributed by atoms with Gasteiger partial charge in [0, 0.05) is 12.6 Å². The summed E-state index contributed by atoms with van der Waals surface area (Å²) in [5.74, 6) is 3.04. The smallest absolute Gasteiger partial charge is 0.231 e. The maximum absolute atomic E-state index is 10.5. The molecule has 2 aliphatic rings. The molecule has 0 saturated carbocycles. The second kappa shape index (κ2) is 7.89. The van der Waals surface area contributed by atoms with Gasteiger partial charge in [-0.25, -0.2) is 0 Å². The van der Waals surface area contributed by atoms with Crippen LogP contribution in [0.15, 0.2) is 30.3 Å². The summed E-state index contributed by atoms with van der Waals surface area (Å²) in [5, 5.41) is 13.9. The lowest BCUT2D eigenvalue weighted by atomic mass is 10.00. The number of aryl methyl sites for hydroxylation is 1. The number of hydrogen-bond acceptors (Lipinski definition) is 6. The molecular weight excluding hydrogens is 358 g/mol. The van der Waals surface area contributed by atoms with Crippen molar-refractivity contribution in [1.29, 1.82) is 0 Å². The van der Waals surface area contributed by atoms with E-state index in [1.165, 1.54) is 11.1 Å². The number of nitrogens with one attached hydrogen (secondary N) is 1. The Kier molecular flexibility index (Phi) is 5.33. The molecule has 2 heterocycles. The zero-order valence-corrected chi connectivity index (χ0v) is 16.5. The fourth-order valence-corrected chi connectivity index (χ4v) is 3.54. The van der Waals surface area contributed by atoms with Crippen molar-refractivity contribution in [2.24, 2.45) is 0 Å². The van der Waals surface area contributed by atoms with Gasteiger partial charge in [0.15, 0.2) is 23.0 Å². The lowest BCUT2D eigenvalue weighted by Gasteiger charge is -2.26. The minimum Gasteiger partial charge on any atom is -0.486 e. The van der Waals surface area contributed by atoms with E-state index in [4.69, 9.17) is 18.9 Å². The van der Waals surface area contributed by atoms with Gasteiger partial charge in [-0.05, 0) is 68.1 Å². The molecule has 2 aromatic rings. The van der Waals surface area contributed by atoms with Crippen LogP contribution in [0.5, 0.6) is 23.0 Å². The van der Waals surface area contributed by atoms with Crippen LogP contribution in [0, 0.1) is 6.92 Å². The normalized spacial score (nSPS) is 19.4. The molecule has 3 atom stereocenters. The molecule has 4 rings (SSSR count). The van der Waals surface area contributed by atoms with E-state index < -0.39 is 6.10 Å². The Morgan fingerprint density at radius 3 is 2.71 bits per heavy atom. The zero-order valence-electron chi connectivity index (χ0n) is 16.5. The number of benzene rings is 2. The van der Waals surface area contributed by atoms with Gasteiger partial charge in [0.2, 0.25) is 6.79 Å². The second-order valence-electron chi connectivity index (χ2n) is 7.61. The average molecular weight is 385 g/mol. The largest absolute Gasteiger partial charge is 0.486 e. The quantitative estimate of drug-likeness (QED) is 0.796. The van der Waals surface area contributed by atoms with Crippen LogP contribution >= 0.6 is 0 Å². The van der Waals surface area contributed by atoms with Gasteiger partial charge in [-0.3, -0.25) is 0 Å². The zero-order chi connectivity index (χ0) is 19.7. The van der Waals surface area contributed by atoms with E-state index in [0.29, 0.717) is 18.9 Å². The van der Waals surface area contributed by atoms with Crippen LogP contribution < -0.4 is 24.3 Å². The molecule has 0 aromatic heterocycles. The Hall–Kier alpha value is -2.44. The van der Waals surface area contributed by atoms with Crippen molar-refractivity contribution in [1.82, 2.24) is 5.32 Å². The van der Waals surface area contributed by atoms with E-state index in [-0.39, 0.29) is 18.9 Å². The lowest BCUT2D eigenvalue weighted by molar-refractivity contribution is 0.104. The highest BCUT2D eigenvalue weighted by Gasteiger charge is 2.20. The monoisotopic (exact) mass is 385 g/mol. The molecule has 6 nitrogen and oxygen atoms in total. The highest BCUT2D eigenvalue weighted by Crippen LogP contribution is 2.35. The van der Waals surface area contributed by atoms with Gasteiger partial charge in [0.1, 0.15) is 12.7 Å². The Bertz CT molecular complexity index is 853. The van der Waals surface area contributed by atoms with Gasteiger partial charge in [-0.1, -0.05) is 6.07 Å². The highest BCUT2D eigenvalue weighted by molar-refractivity contribution is 5.48. The van der Waals surface area contributed by atoms with E-state index >= 15 is 0 Å². The number of aliphatic hydroxyl groups excluding tert-OH is 1. The minimum atomic E-state index is -0.611. The summed E-state index contributed by atoms with van der Waals surface area (Å²) < 4.78 is 22.3. The van der Waals surface area contributed by atoms with Crippen molar-refractivity contribution in [3.05, 3.63) is 47.0 Å². The number of hydrogen-bond donors (Lipinski definition) is 2. The molecule has 0 saturated heterocycles. The Morgan fingerprint density at radius 2 is 1.86 bits per heavy atom. The summed E-state index contributed by atoms with van der Waals surface area (Å²) in [6.45, 7) is 7.48. The van der Waals surface area contributed by atoms with Gasteiger partial charge in [-0.2, -0.15) is 0 Å². The molecule has 0 aliphatic carbocycles. The number of rotatable bonds is 6. The molecule has 2 N–H and O–H groups in total. The number of ether oxygens (including phenoxy) is 4. The molecule has 0 fully saturated rings. The maximum Gasteiger partial charge on any atom is 0.231 e. The van der Waals surface area contributed by atoms with Crippen molar-refractivity contribution in [3.8, 4) is 23.0 Å². The van der Waals surface area contributed by atoms with E-state index in [2.05, 4.69) is 31.3 Å². The Balaban J connectivity index is 1.35. The van der Waals surface area contributed by atoms with E-state index in [1.807, 2.05) is 25.1 Å². The van der Waals surface area contributed by atoms with Crippen molar-refractivity contribution in [3.63, 3.8) is 0 Å². The fourth-order valence-electron chi connectivity index (χ4n) is 3.54. The summed E-state index contributed by atoms with van der Waals surface area (Å²) in [6.07, 6.45) is 0.308. The molecule has 6 heteroatoms. The van der Waals surface area contributed by atoms with E-state index in [9.17, 15) is 5.11 Å². The van der Waals surface area contributed by atoms with Crippen LogP contribution in [-0.2, 0) is 6.42 Å². The predicted octanol–water partition coefficient (Wildman–Crippen LogP) is 3.14. The third-order valence-electron chi connectivity index (χ3n) is 5.17. The first-order valence-electron chi connectivity index (χ1n) is 9.73. The summed E-state index contributed by atoms with van der Waals surface area (Å²) >= 11 is 0. The molecule has 2 aliphatic heterocycles. The molecule has 0 spiro atoms. The van der Waals surface area contributed by atoms with Crippen molar-refractivity contribution < 1.29 is 24.1 Å². The summed E-state index contributed by atoms with van der Waals surface area (Å²) in [7, 11) is 0. The first-order valence-corrected chi connectivity index (χ1v) is 9.73. The maximum atomic E-state index is 10.5. The van der Waals surface area contributed by atoms with E-state index in [0.717, 1.165) is 29.2 Å². The SMILES string of the molecule is Cc1cc2c(cc1CC(C)NCC(O)c1ccc3c(c1)OCO3)OCC(C)O2. The number of aliphatic hydroxyl groups is 1. The average Bonchev–Trinajstić information content (AvgIpc) is 3.14. The molecule has 28 heavy (non-hydrogen) atoms. The summed E-state index contributed by atoms with van der Waals surface area (Å²) in [6, 6.07) is 9.87. The van der Waals surface area contributed by atoms with E-state index in [1.54, 1.807) is 0 Å². The molecule has 0 bridgehead atoms. The summed E-state index contributed by atoms with van der Waals surface area (Å²) in [4.78, 5) is 0. The van der Waals surface area contributed by atoms with Gasteiger partial charge in [0.25, 0.3) is 0 Å². The predicted molar refractivity (Wildman–Crippen MR) is 105 cm³/mol. The van der Waals surface area contributed by atoms with Crippen LogP contribution in [0.3, 0.4) is 0 Å². The fraction of sp³-hybridized carbons (Fsp3) is 0.455. The Morgan fingerprint density at radius 1 is 1.07 bits per heavy atom. The van der Waals surface area contributed by atoms with Gasteiger partial charge >= 0.3 is 0 Å².